The number of hydrogen-bond acceptors (Lipinski definition) is 4. The van der Waals surface area contributed by atoms with Crippen LogP contribution in [0.1, 0.15) is 25.6 Å². The average molecular weight is 410 g/mol. The molecule has 0 radical (unpaired) electrons. The Bertz CT molecular complexity index is 1170. The highest BCUT2D eigenvalue weighted by Gasteiger charge is 2.09. The number of benzene rings is 3. The molecule has 3 aromatic carbocycles. The van der Waals surface area contributed by atoms with E-state index in [0.717, 1.165) is 16.7 Å². The van der Waals surface area contributed by atoms with Crippen LogP contribution in [0.15, 0.2) is 102 Å². The van der Waals surface area contributed by atoms with E-state index in [9.17, 15) is 9.59 Å². The lowest BCUT2D eigenvalue weighted by atomic mass is 10.0. The van der Waals surface area contributed by atoms with Gasteiger partial charge < -0.3 is 4.74 Å². The van der Waals surface area contributed by atoms with Crippen LogP contribution in [0.5, 0.6) is 5.75 Å². The van der Waals surface area contributed by atoms with Crippen LogP contribution < -0.4 is 4.74 Å². The van der Waals surface area contributed by atoms with E-state index in [2.05, 4.69) is 0 Å². The summed E-state index contributed by atoms with van der Waals surface area (Å²) in [4.78, 5) is 25.1. The summed E-state index contributed by atoms with van der Waals surface area (Å²) in [5, 5.41) is 1.83. The molecule has 0 spiro atoms. The number of ketones is 1. The first-order valence-corrected chi connectivity index (χ1v) is 10.3. The van der Waals surface area contributed by atoms with Crippen molar-refractivity contribution in [1.29, 1.82) is 0 Å². The second-order valence-electron chi connectivity index (χ2n) is 6.58. The molecule has 4 rings (SSSR count). The van der Waals surface area contributed by atoms with Gasteiger partial charge in [-0.05, 0) is 46.3 Å². The van der Waals surface area contributed by atoms with E-state index in [1.54, 1.807) is 36.4 Å². The van der Waals surface area contributed by atoms with Crippen LogP contribution in [0.3, 0.4) is 0 Å². The lowest BCUT2D eigenvalue weighted by molar-refractivity contribution is 0.0739. The first-order chi connectivity index (χ1) is 14.7. The summed E-state index contributed by atoms with van der Waals surface area (Å²) in [5.41, 5.74) is 3.57. The van der Waals surface area contributed by atoms with Gasteiger partial charge in [0.1, 0.15) is 10.6 Å². The molecule has 0 fully saturated rings. The largest absolute Gasteiger partial charge is 0.422 e. The Labute approximate surface area is 178 Å². The standard InChI is InChI=1S/C26H18O3S/c27-24(22-14-12-21(13-15-22)20-7-2-1-3-8-20)16-11-19-6-4-9-23(18-19)29-26(28)25-10-5-17-30-25/h1-18H/b16-11+. The zero-order valence-electron chi connectivity index (χ0n) is 16.0. The number of carbonyl (C=O) groups is 2. The van der Waals surface area contributed by atoms with E-state index in [4.69, 9.17) is 4.74 Å². The summed E-state index contributed by atoms with van der Waals surface area (Å²) in [6.45, 7) is 0. The number of thiophene rings is 1. The van der Waals surface area contributed by atoms with Crippen molar-refractivity contribution in [3.05, 3.63) is 118 Å². The molecule has 1 aromatic heterocycles. The van der Waals surface area contributed by atoms with Crippen molar-refractivity contribution in [2.45, 2.75) is 0 Å². The first kappa shape index (κ1) is 19.6. The second kappa shape index (κ2) is 9.16. The maximum atomic E-state index is 12.5. The molecule has 4 aromatic rings. The van der Waals surface area contributed by atoms with E-state index >= 15 is 0 Å². The van der Waals surface area contributed by atoms with Crippen LogP contribution in [-0.4, -0.2) is 11.8 Å². The number of ether oxygens (including phenoxy) is 1. The van der Waals surface area contributed by atoms with Crippen LogP contribution in [0, 0.1) is 0 Å². The molecule has 0 aliphatic rings. The third-order valence-corrected chi connectivity index (χ3v) is 5.34. The molecule has 0 unspecified atom stereocenters. The van der Waals surface area contributed by atoms with Gasteiger partial charge in [-0.1, -0.05) is 78.9 Å². The Morgan fingerprint density at radius 3 is 2.27 bits per heavy atom. The monoisotopic (exact) mass is 410 g/mol. The van der Waals surface area contributed by atoms with Crippen LogP contribution >= 0.6 is 11.3 Å². The van der Waals surface area contributed by atoms with Crippen LogP contribution in [0.25, 0.3) is 17.2 Å². The number of rotatable bonds is 6. The van der Waals surface area contributed by atoms with Crippen LogP contribution in [0.2, 0.25) is 0 Å². The Balaban J connectivity index is 1.43. The minimum atomic E-state index is -0.388. The number of esters is 1. The normalized spacial score (nSPS) is 10.8. The molecular formula is C26H18O3S. The van der Waals surface area contributed by atoms with E-state index in [1.807, 2.05) is 66.0 Å². The third kappa shape index (κ3) is 4.80. The molecule has 3 nitrogen and oxygen atoms in total. The molecule has 4 heteroatoms. The van der Waals surface area contributed by atoms with E-state index < -0.39 is 0 Å². The summed E-state index contributed by atoms with van der Waals surface area (Å²) in [6.07, 6.45) is 3.24. The molecule has 0 atom stereocenters. The van der Waals surface area contributed by atoms with Gasteiger partial charge in [-0.15, -0.1) is 11.3 Å². The van der Waals surface area contributed by atoms with Crippen molar-refractivity contribution in [3.8, 4) is 16.9 Å². The molecule has 0 saturated heterocycles. The van der Waals surface area contributed by atoms with Gasteiger partial charge in [0.25, 0.3) is 0 Å². The summed E-state index contributed by atoms with van der Waals surface area (Å²) >= 11 is 1.33. The van der Waals surface area contributed by atoms with Gasteiger partial charge in [0, 0.05) is 5.56 Å². The van der Waals surface area contributed by atoms with Crippen molar-refractivity contribution < 1.29 is 14.3 Å². The average Bonchev–Trinajstić information content (AvgIpc) is 3.34. The fourth-order valence-corrected chi connectivity index (χ4v) is 3.56. The van der Waals surface area contributed by atoms with Crippen molar-refractivity contribution in [2.75, 3.05) is 0 Å². The van der Waals surface area contributed by atoms with Gasteiger partial charge in [0.2, 0.25) is 0 Å². The second-order valence-corrected chi connectivity index (χ2v) is 7.53. The summed E-state index contributed by atoms with van der Waals surface area (Å²) in [6, 6.07) is 28.2. The van der Waals surface area contributed by atoms with Crippen LogP contribution in [-0.2, 0) is 0 Å². The molecule has 146 valence electrons. The number of hydrogen-bond donors (Lipinski definition) is 0. The molecule has 1 heterocycles. The quantitative estimate of drug-likeness (QED) is 0.157. The fraction of sp³-hybridized carbons (Fsp3) is 0. The summed E-state index contributed by atoms with van der Waals surface area (Å²) < 4.78 is 5.40. The zero-order valence-corrected chi connectivity index (χ0v) is 16.8. The van der Waals surface area contributed by atoms with Crippen molar-refractivity contribution in [2.24, 2.45) is 0 Å². The van der Waals surface area contributed by atoms with Crippen LogP contribution in [0.4, 0.5) is 0 Å². The van der Waals surface area contributed by atoms with Gasteiger partial charge in [-0.2, -0.15) is 0 Å². The topological polar surface area (TPSA) is 43.4 Å². The SMILES string of the molecule is O=C(/C=C/c1cccc(OC(=O)c2cccs2)c1)c1ccc(-c2ccccc2)cc1. The molecule has 0 amide bonds. The predicted octanol–water partition coefficient (Wildman–Crippen LogP) is 6.53. The maximum absolute atomic E-state index is 12.5. The van der Waals surface area contributed by atoms with Gasteiger partial charge in [0.05, 0.1) is 0 Å². The van der Waals surface area contributed by atoms with Gasteiger partial charge in [-0.25, -0.2) is 4.79 Å². The molecule has 0 aliphatic heterocycles. The maximum Gasteiger partial charge on any atom is 0.353 e. The molecule has 0 saturated carbocycles. The molecule has 0 aliphatic carbocycles. The summed E-state index contributed by atoms with van der Waals surface area (Å²) in [5.74, 6) is -0.0356. The van der Waals surface area contributed by atoms with Gasteiger partial charge in [-0.3, -0.25) is 4.79 Å². The molecule has 0 N–H and O–H groups in total. The fourth-order valence-electron chi connectivity index (χ4n) is 2.96. The van der Waals surface area contributed by atoms with E-state index in [-0.39, 0.29) is 11.8 Å². The Morgan fingerprint density at radius 1 is 0.767 bits per heavy atom. The van der Waals surface area contributed by atoms with Crippen molar-refractivity contribution in [1.82, 2.24) is 0 Å². The van der Waals surface area contributed by atoms with Gasteiger partial charge >= 0.3 is 5.97 Å². The number of allylic oxidation sites excluding steroid dienone is 1. The molecule has 30 heavy (non-hydrogen) atoms. The molecule has 0 bridgehead atoms. The summed E-state index contributed by atoms with van der Waals surface area (Å²) in [7, 11) is 0. The van der Waals surface area contributed by atoms with Gasteiger partial charge in [0.15, 0.2) is 5.78 Å². The van der Waals surface area contributed by atoms with E-state index in [0.29, 0.717) is 16.2 Å². The highest BCUT2D eigenvalue weighted by atomic mass is 32.1. The third-order valence-electron chi connectivity index (χ3n) is 4.49. The lowest BCUT2D eigenvalue weighted by Gasteiger charge is -2.04. The Morgan fingerprint density at radius 2 is 1.53 bits per heavy atom. The minimum absolute atomic E-state index is 0.0874. The van der Waals surface area contributed by atoms with E-state index in [1.165, 1.54) is 17.4 Å². The molecular weight excluding hydrogens is 392 g/mol. The zero-order chi connectivity index (χ0) is 20.8. The number of carbonyl (C=O) groups excluding carboxylic acids is 2. The predicted molar refractivity (Wildman–Crippen MR) is 121 cm³/mol. The Hall–Kier alpha value is -3.76. The smallest absolute Gasteiger partial charge is 0.353 e. The highest BCUT2D eigenvalue weighted by molar-refractivity contribution is 7.12. The highest BCUT2D eigenvalue weighted by Crippen LogP contribution is 2.21. The lowest BCUT2D eigenvalue weighted by Crippen LogP contribution is -2.06. The van der Waals surface area contributed by atoms with Crippen molar-refractivity contribution >= 4 is 29.2 Å². The minimum Gasteiger partial charge on any atom is -0.422 e. The first-order valence-electron chi connectivity index (χ1n) is 9.43. The van der Waals surface area contributed by atoms with Crippen molar-refractivity contribution in [3.63, 3.8) is 0 Å². The Kier molecular flexibility index (Phi) is 5.97.